The molecule has 2 heteroatoms. The van der Waals surface area contributed by atoms with Crippen LogP contribution in [0, 0.1) is 11.8 Å². The summed E-state index contributed by atoms with van der Waals surface area (Å²) >= 11 is 0. The second kappa shape index (κ2) is 5.70. The van der Waals surface area contributed by atoms with E-state index < -0.39 is 0 Å². The molecule has 0 radical (unpaired) electrons. The fraction of sp³-hybridized carbons (Fsp3) is 0.571. The second-order valence-corrected chi connectivity index (χ2v) is 5.21. The third kappa shape index (κ3) is 3.23. The van der Waals surface area contributed by atoms with E-state index in [0.29, 0.717) is 6.04 Å². The third-order valence-corrected chi connectivity index (χ3v) is 3.36. The monoisotopic (exact) mass is 239 g/mol. The zero-order valence-electron chi connectivity index (χ0n) is 10.1. The van der Waals surface area contributed by atoms with Gasteiger partial charge < -0.3 is 5.73 Å². The zero-order chi connectivity index (χ0) is 10.8. The van der Waals surface area contributed by atoms with Crippen LogP contribution in [-0.4, -0.2) is 6.04 Å². The van der Waals surface area contributed by atoms with Crippen molar-refractivity contribution in [2.24, 2.45) is 17.6 Å². The average molecular weight is 240 g/mol. The standard InChI is InChI=1S/C14H21N.ClH/c1-10(2)8-14(15)13-9-12(13)11-6-4-3-5-7-11;/h3-7,10,12-14H,8-9,15H2,1-2H3;1H. The summed E-state index contributed by atoms with van der Waals surface area (Å²) in [6.07, 6.45) is 2.45. The van der Waals surface area contributed by atoms with E-state index in [-0.39, 0.29) is 12.4 Å². The van der Waals surface area contributed by atoms with Gasteiger partial charge in [-0.15, -0.1) is 12.4 Å². The predicted octanol–water partition coefficient (Wildman–Crippen LogP) is 3.59. The first-order valence-electron chi connectivity index (χ1n) is 5.99. The van der Waals surface area contributed by atoms with Gasteiger partial charge in [0.15, 0.2) is 0 Å². The van der Waals surface area contributed by atoms with Crippen LogP contribution in [0.1, 0.15) is 38.2 Å². The highest BCUT2D eigenvalue weighted by Gasteiger charge is 2.42. The lowest BCUT2D eigenvalue weighted by Gasteiger charge is -2.13. The lowest BCUT2D eigenvalue weighted by Crippen LogP contribution is -2.25. The van der Waals surface area contributed by atoms with Gasteiger partial charge in [0.1, 0.15) is 0 Å². The molecule has 3 unspecified atom stereocenters. The molecule has 1 aromatic rings. The maximum Gasteiger partial charge on any atom is 0.00756 e. The molecular weight excluding hydrogens is 218 g/mol. The Balaban J connectivity index is 0.00000128. The minimum atomic E-state index is 0. The highest BCUT2D eigenvalue weighted by Crippen LogP contribution is 2.49. The molecule has 0 aliphatic heterocycles. The Morgan fingerprint density at radius 3 is 2.44 bits per heavy atom. The van der Waals surface area contributed by atoms with Crippen LogP contribution >= 0.6 is 12.4 Å². The van der Waals surface area contributed by atoms with Crippen LogP contribution in [0.5, 0.6) is 0 Å². The summed E-state index contributed by atoms with van der Waals surface area (Å²) in [6, 6.07) is 11.2. The summed E-state index contributed by atoms with van der Waals surface area (Å²) in [7, 11) is 0. The van der Waals surface area contributed by atoms with Crippen molar-refractivity contribution in [1.29, 1.82) is 0 Å². The molecule has 1 aromatic carbocycles. The van der Waals surface area contributed by atoms with Gasteiger partial charge in [-0.05, 0) is 36.2 Å². The Morgan fingerprint density at radius 2 is 1.88 bits per heavy atom. The molecule has 16 heavy (non-hydrogen) atoms. The van der Waals surface area contributed by atoms with Gasteiger partial charge in [0.25, 0.3) is 0 Å². The fourth-order valence-corrected chi connectivity index (χ4v) is 2.49. The Kier molecular flexibility index (Phi) is 4.82. The van der Waals surface area contributed by atoms with Gasteiger partial charge in [0, 0.05) is 6.04 Å². The van der Waals surface area contributed by atoms with E-state index >= 15 is 0 Å². The number of rotatable bonds is 4. The molecule has 0 spiro atoms. The lowest BCUT2D eigenvalue weighted by molar-refractivity contribution is 0.453. The first-order valence-corrected chi connectivity index (χ1v) is 5.99. The Hall–Kier alpha value is -0.530. The van der Waals surface area contributed by atoms with Crippen molar-refractivity contribution in [3.05, 3.63) is 35.9 Å². The summed E-state index contributed by atoms with van der Waals surface area (Å²) in [6.45, 7) is 4.50. The minimum Gasteiger partial charge on any atom is -0.327 e. The van der Waals surface area contributed by atoms with E-state index in [1.807, 2.05) is 0 Å². The summed E-state index contributed by atoms with van der Waals surface area (Å²) in [5, 5.41) is 0. The Bertz CT molecular complexity index is 310. The Morgan fingerprint density at radius 1 is 1.25 bits per heavy atom. The maximum absolute atomic E-state index is 6.21. The van der Waals surface area contributed by atoms with Gasteiger partial charge >= 0.3 is 0 Å². The molecule has 1 aliphatic rings. The quantitative estimate of drug-likeness (QED) is 0.854. The van der Waals surface area contributed by atoms with E-state index in [2.05, 4.69) is 44.2 Å². The summed E-state index contributed by atoms with van der Waals surface area (Å²) in [5.41, 5.74) is 7.68. The SMILES string of the molecule is CC(C)CC(N)C1CC1c1ccccc1.Cl. The molecule has 1 fully saturated rings. The number of halogens is 1. The fourth-order valence-electron chi connectivity index (χ4n) is 2.49. The van der Waals surface area contributed by atoms with E-state index in [9.17, 15) is 0 Å². The smallest absolute Gasteiger partial charge is 0.00756 e. The molecule has 3 atom stereocenters. The summed E-state index contributed by atoms with van der Waals surface area (Å²) in [5.74, 6) is 2.19. The largest absolute Gasteiger partial charge is 0.327 e. The molecule has 2 N–H and O–H groups in total. The van der Waals surface area contributed by atoms with Crippen molar-refractivity contribution in [1.82, 2.24) is 0 Å². The van der Waals surface area contributed by atoms with Gasteiger partial charge in [-0.1, -0.05) is 44.2 Å². The molecule has 0 aromatic heterocycles. The number of benzene rings is 1. The zero-order valence-corrected chi connectivity index (χ0v) is 10.9. The van der Waals surface area contributed by atoms with Crippen molar-refractivity contribution in [3.8, 4) is 0 Å². The molecule has 0 amide bonds. The average Bonchev–Trinajstić information content (AvgIpc) is 2.97. The molecule has 1 nitrogen and oxygen atoms in total. The van der Waals surface area contributed by atoms with Crippen LogP contribution in [0.25, 0.3) is 0 Å². The van der Waals surface area contributed by atoms with Crippen LogP contribution in [0.3, 0.4) is 0 Å². The van der Waals surface area contributed by atoms with Gasteiger partial charge in [0.05, 0.1) is 0 Å². The van der Waals surface area contributed by atoms with Crippen molar-refractivity contribution in [2.45, 2.75) is 38.6 Å². The molecule has 1 aliphatic carbocycles. The normalized spacial score (nSPS) is 25.0. The summed E-state index contributed by atoms with van der Waals surface area (Å²) in [4.78, 5) is 0. The van der Waals surface area contributed by atoms with Gasteiger partial charge in [-0.25, -0.2) is 0 Å². The number of hydrogen-bond acceptors (Lipinski definition) is 1. The van der Waals surface area contributed by atoms with Gasteiger partial charge in [-0.2, -0.15) is 0 Å². The van der Waals surface area contributed by atoms with E-state index in [1.54, 1.807) is 0 Å². The van der Waals surface area contributed by atoms with Crippen molar-refractivity contribution < 1.29 is 0 Å². The van der Waals surface area contributed by atoms with Crippen molar-refractivity contribution in [3.63, 3.8) is 0 Å². The third-order valence-electron chi connectivity index (χ3n) is 3.36. The van der Waals surface area contributed by atoms with Crippen LogP contribution in [0.15, 0.2) is 30.3 Å². The highest BCUT2D eigenvalue weighted by atomic mass is 35.5. The van der Waals surface area contributed by atoms with E-state index in [4.69, 9.17) is 5.73 Å². The van der Waals surface area contributed by atoms with Crippen LogP contribution < -0.4 is 5.73 Å². The van der Waals surface area contributed by atoms with Crippen LogP contribution in [-0.2, 0) is 0 Å². The molecule has 90 valence electrons. The van der Waals surface area contributed by atoms with Crippen molar-refractivity contribution >= 4 is 12.4 Å². The lowest BCUT2D eigenvalue weighted by atomic mass is 9.98. The first kappa shape index (κ1) is 13.5. The van der Waals surface area contributed by atoms with E-state index in [1.165, 1.54) is 12.0 Å². The van der Waals surface area contributed by atoms with Crippen LogP contribution in [0.2, 0.25) is 0 Å². The number of hydrogen-bond donors (Lipinski definition) is 1. The minimum absolute atomic E-state index is 0. The summed E-state index contributed by atoms with van der Waals surface area (Å²) < 4.78 is 0. The molecule has 1 saturated carbocycles. The first-order chi connectivity index (χ1) is 7.18. The molecule has 0 bridgehead atoms. The van der Waals surface area contributed by atoms with Gasteiger partial charge in [0.2, 0.25) is 0 Å². The Labute approximate surface area is 105 Å². The topological polar surface area (TPSA) is 26.0 Å². The maximum atomic E-state index is 6.21. The molecule has 0 heterocycles. The van der Waals surface area contributed by atoms with Gasteiger partial charge in [-0.3, -0.25) is 0 Å². The molecule has 2 rings (SSSR count). The molecular formula is C14H22ClN. The van der Waals surface area contributed by atoms with Crippen molar-refractivity contribution in [2.75, 3.05) is 0 Å². The predicted molar refractivity (Wildman–Crippen MR) is 72.0 cm³/mol. The second-order valence-electron chi connectivity index (χ2n) is 5.21. The van der Waals surface area contributed by atoms with E-state index in [0.717, 1.165) is 24.2 Å². The number of nitrogens with two attached hydrogens (primary N) is 1. The van der Waals surface area contributed by atoms with Crippen LogP contribution in [0.4, 0.5) is 0 Å². The highest BCUT2D eigenvalue weighted by molar-refractivity contribution is 5.85. The molecule has 0 saturated heterocycles.